The lowest BCUT2D eigenvalue weighted by Gasteiger charge is -2.29. The minimum absolute atomic E-state index is 0.0331. The number of alkyl halides is 3. The van der Waals surface area contributed by atoms with E-state index in [1.807, 2.05) is 13.8 Å². The van der Waals surface area contributed by atoms with Crippen LogP contribution in [0.4, 0.5) is 18.9 Å². The van der Waals surface area contributed by atoms with Crippen molar-refractivity contribution in [3.63, 3.8) is 0 Å². The highest BCUT2D eigenvalue weighted by Crippen LogP contribution is 2.38. The van der Waals surface area contributed by atoms with Crippen molar-refractivity contribution in [3.8, 4) is 11.6 Å². The van der Waals surface area contributed by atoms with Crippen LogP contribution in [0.3, 0.4) is 0 Å². The van der Waals surface area contributed by atoms with E-state index in [-0.39, 0.29) is 17.0 Å². The van der Waals surface area contributed by atoms with Crippen LogP contribution in [-0.2, 0) is 20.5 Å². The highest BCUT2D eigenvalue weighted by molar-refractivity contribution is 6.05. The number of benzene rings is 1. The number of hydrogen-bond donors (Lipinski definition) is 1. The normalized spacial score (nSPS) is 13.7. The number of nitrogens with zero attached hydrogens (tertiary/aromatic N) is 2. The zero-order chi connectivity index (χ0) is 26.9. The van der Waals surface area contributed by atoms with Gasteiger partial charge in [-0.1, -0.05) is 33.1 Å². The number of anilines is 1. The lowest BCUT2D eigenvalue weighted by Crippen LogP contribution is -2.41. The first-order chi connectivity index (χ1) is 17.1. The van der Waals surface area contributed by atoms with Crippen molar-refractivity contribution in [3.05, 3.63) is 47.7 Å². The highest BCUT2D eigenvalue weighted by Gasteiger charge is 2.36. The molecule has 11 heteroatoms. The number of ether oxygens (including phenoxy) is 2. The van der Waals surface area contributed by atoms with E-state index in [1.165, 1.54) is 12.1 Å². The number of aliphatic carboxylic acids is 1. The summed E-state index contributed by atoms with van der Waals surface area (Å²) in [6.07, 6.45) is 0.249. The summed E-state index contributed by atoms with van der Waals surface area (Å²) in [5, 5.41) is 9.39. The van der Waals surface area contributed by atoms with Gasteiger partial charge in [0.2, 0.25) is 11.8 Å². The quantitative estimate of drug-likeness (QED) is 0.476. The fraction of sp³-hybridized carbons (Fsp3) is 0.440. The van der Waals surface area contributed by atoms with Gasteiger partial charge in [-0.3, -0.25) is 9.59 Å². The second-order valence-electron chi connectivity index (χ2n) is 7.78. The summed E-state index contributed by atoms with van der Waals surface area (Å²) in [5.41, 5.74) is -1.37. The SMILES string of the molecule is CC.COC(=O)c1cc(Oc2ncccc2C(F)(F)F)ccc1N(CC(=O)O)C(=O)C1CCCCC1. The van der Waals surface area contributed by atoms with E-state index < -0.39 is 47.9 Å². The highest BCUT2D eigenvalue weighted by atomic mass is 19.4. The molecule has 1 heterocycles. The minimum Gasteiger partial charge on any atom is -0.480 e. The largest absolute Gasteiger partial charge is 0.480 e. The standard InChI is InChI=1S/C23H23F3N2O6.C2H6/c1-33-22(32)16-12-15(34-20-17(23(24,25)26)8-5-11-27-20)9-10-18(16)28(13-19(29)30)21(31)14-6-3-2-4-7-14;1-2/h5,8-12,14H,2-4,6-7,13H2,1H3,(H,29,30);1-2H3. The maximum Gasteiger partial charge on any atom is 0.421 e. The fourth-order valence-electron chi connectivity index (χ4n) is 3.87. The zero-order valence-corrected chi connectivity index (χ0v) is 20.3. The Hall–Kier alpha value is -3.63. The first-order valence-electron chi connectivity index (χ1n) is 11.6. The Bertz CT molecular complexity index is 1070. The monoisotopic (exact) mass is 510 g/mol. The molecule has 1 aromatic heterocycles. The van der Waals surface area contributed by atoms with Crippen LogP contribution in [0.25, 0.3) is 0 Å². The molecule has 0 spiro atoms. The molecule has 1 fully saturated rings. The number of pyridine rings is 1. The smallest absolute Gasteiger partial charge is 0.421 e. The number of rotatable bonds is 7. The van der Waals surface area contributed by atoms with E-state index in [4.69, 9.17) is 9.47 Å². The van der Waals surface area contributed by atoms with Gasteiger partial charge in [-0.05, 0) is 43.2 Å². The number of hydrogen-bond acceptors (Lipinski definition) is 6. The summed E-state index contributed by atoms with van der Waals surface area (Å²) >= 11 is 0. The molecule has 36 heavy (non-hydrogen) atoms. The number of methoxy groups -OCH3 is 1. The molecule has 1 aliphatic carbocycles. The Morgan fingerprint density at radius 3 is 2.36 bits per heavy atom. The summed E-state index contributed by atoms with van der Waals surface area (Å²) in [7, 11) is 1.09. The van der Waals surface area contributed by atoms with Crippen LogP contribution in [0.1, 0.15) is 61.9 Å². The fourth-order valence-corrected chi connectivity index (χ4v) is 3.87. The zero-order valence-electron chi connectivity index (χ0n) is 20.3. The van der Waals surface area contributed by atoms with Gasteiger partial charge in [-0.2, -0.15) is 13.2 Å². The van der Waals surface area contributed by atoms with Crippen molar-refractivity contribution in [1.29, 1.82) is 0 Å². The first-order valence-corrected chi connectivity index (χ1v) is 11.6. The molecular weight excluding hydrogens is 481 g/mol. The van der Waals surface area contributed by atoms with Crippen molar-refractivity contribution in [1.82, 2.24) is 4.98 Å². The molecule has 1 amide bonds. The average Bonchev–Trinajstić information content (AvgIpc) is 2.88. The molecule has 0 atom stereocenters. The van der Waals surface area contributed by atoms with Crippen LogP contribution < -0.4 is 9.64 Å². The molecular formula is C25H29F3N2O6. The molecule has 2 aromatic rings. The third-order valence-electron chi connectivity index (χ3n) is 5.47. The number of carbonyl (C=O) groups is 3. The van der Waals surface area contributed by atoms with Crippen LogP contribution in [-0.4, -0.2) is 41.6 Å². The van der Waals surface area contributed by atoms with E-state index in [2.05, 4.69) is 4.98 Å². The minimum atomic E-state index is -4.72. The molecule has 1 aromatic carbocycles. The summed E-state index contributed by atoms with van der Waals surface area (Å²) in [5.74, 6) is -3.93. The summed E-state index contributed by atoms with van der Waals surface area (Å²) in [6.45, 7) is 3.30. The first kappa shape index (κ1) is 28.6. The summed E-state index contributed by atoms with van der Waals surface area (Å²) in [4.78, 5) is 41.8. The summed E-state index contributed by atoms with van der Waals surface area (Å²) in [6, 6.07) is 5.49. The van der Waals surface area contributed by atoms with Gasteiger partial charge in [0.25, 0.3) is 0 Å². The van der Waals surface area contributed by atoms with E-state index in [0.29, 0.717) is 12.8 Å². The number of amides is 1. The topological polar surface area (TPSA) is 106 Å². The third-order valence-corrected chi connectivity index (χ3v) is 5.47. The van der Waals surface area contributed by atoms with Crippen LogP contribution in [0.15, 0.2) is 36.5 Å². The molecule has 0 aliphatic heterocycles. The Balaban J connectivity index is 0.00000222. The number of esters is 1. The lowest BCUT2D eigenvalue weighted by molar-refractivity contribution is -0.139. The van der Waals surface area contributed by atoms with Gasteiger partial charge in [-0.25, -0.2) is 9.78 Å². The van der Waals surface area contributed by atoms with Crippen molar-refractivity contribution < 1.29 is 42.1 Å². The second-order valence-corrected chi connectivity index (χ2v) is 7.78. The van der Waals surface area contributed by atoms with E-state index in [9.17, 15) is 32.7 Å². The maximum atomic E-state index is 13.3. The predicted molar refractivity (Wildman–Crippen MR) is 125 cm³/mol. The van der Waals surface area contributed by atoms with Gasteiger partial charge in [0.05, 0.1) is 18.4 Å². The van der Waals surface area contributed by atoms with Gasteiger partial charge in [0, 0.05) is 12.1 Å². The van der Waals surface area contributed by atoms with Crippen molar-refractivity contribution in [2.24, 2.45) is 5.92 Å². The molecule has 1 saturated carbocycles. The second kappa shape index (κ2) is 12.9. The molecule has 0 unspecified atom stereocenters. The molecule has 8 nitrogen and oxygen atoms in total. The van der Waals surface area contributed by atoms with Gasteiger partial charge in [0.15, 0.2) is 0 Å². The Kier molecular flexibility index (Phi) is 10.2. The Morgan fingerprint density at radius 1 is 1.11 bits per heavy atom. The van der Waals surface area contributed by atoms with E-state index in [1.54, 1.807) is 0 Å². The van der Waals surface area contributed by atoms with Crippen LogP contribution >= 0.6 is 0 Å². The number of carbonyl (C=O) groups excluding carboxylic acids is 2. The average molecular weight is 511 g/mol. The molecule has 0 bridgehead atoms. The molecule has 196 valence electrons. The molecule has 0 saturated heterocycles. The van der Waals surface area contributed by atoms with E-state index in [0.717, 1.165) is 55.7 Å². The number of aromatic nitrogens is 1. The van der Waals surface area contributed by atoms with Crippen LogP contribution in [0, 0.1) is 5.92 Å². The van der Waals surface area contributed by atoms with Gasteiger partial charge in [-0.15, -0.1) is 0 Å². The Labute approximate surface area is 207 Å². The lowest BCUT2D eigenvalue weighted by atomic mass is 9.88. The molecule has 1 N–H and O–H groups in total. The number of carboxylic acids is 1. The van der Waals surface area contributed by atoms with Crippen molar-refractivity contribution >= 4 is 23.5 Å². The van der Waals surface area contributed by atoms with Crippen LogP contribution in [0.5, 0.6) is 11.6 Å². The van der Waals surface area contributed by atoms with Crippen molar-refractivity contribution in [2.75, 3.05) is 18.6 Å². The van der Waals surface area contributed by atoms with Crippen LogP contribution in [0.2, 0.25) is 0 Å². The molecule has 3 rings (SSSR count). The molecule has 1 aliphatic rings. The van der Waals surface area contributed by atoms with Crippen molar-refractivity contribution in [2.45, 2.75) is 52.1 Å². The predicted octanol–water partition coefficient (Wildman–Crippen LogP) is 5.70. The third kappa shape index (κ3) is 7.19. The van der Waals surface area contributed by atoms with E-state index >= 15 is 0 Å². The van der Waals surface area contributed by atoms with Gasteiger partial charge in [0.1, 0.15) is 17.9 Å². The van der Waals surface area contributed by atoms with Gasteiger partial charge >= 0.3 is 18.1 Å². The van der Waals surface area contributed by atoms with Gasteiger partial charge < -0.3 is 19.5 Å². The molecule has 0 radical (unpaired) electrons. The number of halogens is 3. The Morgan fingerprint density at radius 2 is 1.78 bits per heavy atom. The summed E-state index contributed by atoms with van der Waals surface area (Å²) < 4.78 is 49.9. The number of carboxylic acid groups (broad SMARTS) is 1. The maximum absolute atomic E-state index is 13.3.